The molecular weight excluding hydrogens is 279 g/mol. The first-order valence-corrected chi connectivity index (χ1v) is 8.52. The van der Waals surface area contributed by atoms with Crippen molar-refractivity contribution in [1.82, 2.24) is 4.90 Å². The topological polar surface area (TPSA) is 49.5 Å². The lowest BCUT2D eigenvalue weighted by Gasteiger charge is -2.40. The van der Waals surface area contributed by atoms with Gasteiger partial charge in [-0.25, -0.2) is 4.39 Å². The minimum Gasteiger partial charge on any atom is -0.396 e. The number of nitrogens with zero attached hydrogens (tertiary/aromatic N) is 1. The molecular formula is C18H27FN2O. The van der Waals surface area contributed by atoms with Gasteiger partial charge in [-0.15, -0.1) is 0 Å². The van der Waals surface area contributed by atoms with Crippen LogP contribution in [0.25, 0.3) is 0 Å². The highest BCUT2D eigenvalue weighted by Crippen LogP contribution is 2.34. The van der Waals surface area contributed by atoms with Crippen molar-refractivity contribution in [3.63, 3.8) is 0 Å². The van der Waals surface area contributed by atoms with E-state index in [1.54, 1.807) is 12.1 Å². The summed E-state index contributed by atoms with van der Waals surface area (Å²) >= 11 is 0. The van der Waals surface area contributed by atoms with Crippen molar-refractivity contribution < 1.29 is 9.50 Å². The summed E-state index contributed by atoms with van der Waals surface area (Å²) in [5.41, 5.74) is 8.14. The molecule has 3 N–H and O–H groups in total. The van der Waals surface area contributed by atoms with E-state index in [0.29, 0.717) is 12.0 Å². The number of likely N-dealkylation sites (tertiary alicyclic amines) is 1. The molecule has 0 spiro atoms. The van der Waals surface area contributed by atoms with E-state index < -0.39 is 0 Å². The fourth-order valence-electron chi connectivity index (χ4n) is 4.16. The number of hydrogen-bond donors (Lipinski definition) is 2. The number of aliphatic hydroxyl groups is 1. The molecule has 1 aliphatic heterocycles. The number of halogens is 1. The molecule has 2 fully saturated rings. The van der Waals surface area contributed by atoms with Gasteiger partial charge in [-0.2, -0.15) is 0 Å². The highest BCUT2D eigenvalue weighted by molar-refractivity contribution is 5.47. The second-order valence-corrected chi connectivity index (χ2v) is 7.00. The number of hydrogen-bond acceptors (Lipinski definition) is 3. The molecule has 0 aromatic heterocycles. The maximum absolute atomic E-state index is 13.8. The number of aliphatic hydroxyl groups excluding tert-OH is 1. The average molecular weight is 306 g/mol. The van der Waals surface area contributed by atoms with Gasteiger partial charge in [0, 0.05) is 6.04 Å². The molecule has 0 atom stereocenters. The van der Waals surface area contributed by atoms with Gasteiger partial charge in [-0.3, -0.25) is 0 Å². The van der Waals surface area contributed by atoms with Crippen molar-refractivity contribution >= 4 is 5.69 Å². The quantitative estimate of drug-likeness (QED) is 0.825. The van der Waals surface area contributed by atoms with Gasteiger partial charge in [-0.05, 0) is 87.7 Å². The summed E-state index contributed by atoms with van der Waals surface area (Å²) in [6, 6.07) is 4.04. The van der Waals surface area contributed by atoms with Crippen molar-refractivity contribution in [2.75, 3.05) is 18.8 Å². The van der Waals surface area contributed by atoms with Gasteiger partial charge in [0.15, 0.2) is 0 Å². The third-order valence-corrected chi connectivity index (χ3v) is 5.54. The first-order valence-electron chi connectivity index (χ1n) is 8.52. The van der Waals surface area contributed by atoms with E-state index in [4.69, 9.17) is 5.73 Å². The van der Waals surface area contributed by atoms with Crippen molar-refractivity contribution in [3.05, 3.63) is 29.1 Å². The van der Waals surface area contributed by atoms with Gasteiger partial charge in [0.05, 0.1) is 11.8 Å². The maximum Gasteiger partial charge on any atom is 0.146 e. The molecule has 1 heterocycles. The summed E-state index contributed by atoms with van der Waals surface area (Å²) in [7, 11) is 0. The van der Waals surface area contributed by atoms with Crippen LogP contribution in [0.2, 0.25) is 0 Å². The van der Waals surface area contributed by atoms with Crippen LogP contribution in [0.3, 0.4) is 0 Å². The number of aryl methyl sites for hydroxylation is 1. The van der Waals surface area contributed by atoms with Gasteiger partial charge < -0.3 is 15.7 Å². The highest BCUT2D eigenvalue weighted by atomic mass is 19.1. The Balaban J connectivity index is 1.61. The largest absolute Gasteiger partial charge is 0.396 e. The van der Waals surface area contributed by atoms with E-state index in [2.05, 4.69) is 4.90 Å². The van der Waals surface area contributed by atoms with E-state index in [1.165, 1.54) is 0 Å². The van der Waals surface area contributed by atoms with E-state index in [-0.39, 0.29) is 17.6 Å². The van der Waals surface area contributed by atoms with Gasteiger partial charge in [0.25, 0.3) is 0 Å². The van der Waals surface area contributed by atoms with E-state index >= 15 is 0 Å². The summed E-state index contributed by atoms with van der Waals surface area (Å²) in [5, 5.41) is 9.63. The molecule has 4 heteroatoms. The molecule has 0 unspecified atom stereocenters. The van der Waals surface area contributed by atoms with Crippen LogP contribution in [0.4, 0.5) is 10.1 Å². The monoisotopic (exact) mass is 306 g/mol. The molecule has 3 rings (SSSR count). The lowest BCUT2D eigenvalue weighted by Crippen LogP contribution is -2.43. The van der Waals surface area contributed by atoms with Crippen LogP contribution in [0.5, 0.6) is 0 Å². The lowest BCUT2D eigenvalue weighted by molar-refractivity contribution is 0.0618. The number of piperidine rings is 1. The Morgan fingerprint density at radius 2 is 1.73 bits per heavy atom. The first-order chi connectivity index (χ1) is 10.5. The molecule has 0 radical (unpaired) electrons. The number of nitrogen functional groups attached to an aromatic ring is 1. The molecule has 1 saturated heterocycles. The zero-order valence-electron chi connectivity index (χ0n) is 13.4. The van der Waals surface area contributed by atoms with E-state index in [1.807, 2.05) is 6.92 Å². The van der Waals surface area contributed by atoms with Crippen LogP contribution in [0, 0.1) is 12.7 Å². The molecule has 1 aliphatic carbocycles. The zero-order chi connectivity index (χ0) is 15.7. The van der Waals surface area contributed by atoms with Crippen molar-refractivity contribution in [2.45, 2.75) is 63.5 Å². The van der Waals surface area contributed by atoms with Gasteiger partial charge in [-0.1, -0.05) is 0 Å². The highest BCUT2D eigenvalue weighted by Gasteiger charge is 2.29. The predicted molar refractivity (Wildman–Crippen MR) is 87.4 cm³/mol. The maximum atomic E-state index is 13.8. The molecule has 0 bridgehead atoms. The second kappa shape index (κ2) is 6.55. The van der Waals surface area contributed by atoms with Crippen LogP contribution in [-0.4, -0.2) is 35.2 Å². The Kier molecular flexibility index (Phi) is 4.69. The van der Waals surface area contributed by atoms with Crippen molar-refractivity contribution in [3.8, 4) is 0 Å². The summed E-state index contributed by atoms with van der Waals surface area (Å²) in [6.45, 7) is 4.19. The molecule has 0 amide bonds. The standard InChI is InChI=1S/C18H27FN2O/c1-12-10-18(20)17(19)11-16(12)13-6-8-21(9-7-13)14-2-4-15(22)5-3-14/h10-11,13-15,22H,2-9,20H2,1H3/t14-,15+. The lowest BCUT2D eigenvalue weighted by atomic mass is 9.84. The van der Waals surface area contributed by atoms with Crippen LogP contribution in [0.1, 0.15) is 55.6 Å². The SMILES string of the molecule is Cc1cc(N)c(F)cc1C1CCN([C@H]2CC[C@@H](O)CC2)CC1. The fourth-order valence-corrected chi connectivity index (χ4v) is 4.16. The Labute approximate surface area is 132 Å². The second-order valence-electron chi connectivity index (χ2n) is 7.00. The summed E-state index contributed by atoms with van der Waals surface area (Å²) < 4.78 is 13.8. The van der Waals surface area contributed by atoms with Crippen molar-refractivity contribution in [1.29, 1.82) is 0 Å². The summed E-state index contributed by atoms with van der Waals surface area (Å²) in [5.74, 6) is 0.157. The van der Waals surface area contributed by atoms with Crippen LogP contribution >= 0.6 is 0 Å². The Morgan fingerprint density at radius 1 is 1.09 bits per heavy atom. The van der Waals surface area contributed by atoms with E-state index in [9.17, 15) is 9.50 Å². The van der Waals surface area contributed by atoms with E-state index in [0.717, 1.165) is 62.7 Å². The minimum atomic E-state index is -0.288. The Morgan fingerprint density at radius 3 is 2.36 bits per heavy atom. The van der Waals surface area contributed by atoms with Crippen LogP contribution in [0.15, 0.2) is 12.1 Å². The molecule has 22 heavy (non-hydrogen) atoms. The van der Waals surface area contributed by atoms with Crippen LogP contribution in [-0.2, 0) is 0 Å². The molecule has 2 aliphatic rings. The number of rotatable bonds is 2. The third-order valence-electron chi connectivity index (χ3n) is 5.54. The fraction of sp³-hybridized carbons (Fsp3) is 0.667. The molecule has 122 valence electrons. The van der Waals surface area contributed by atoms with Gasteiger partial charge >= 0.3 is 0 Å². The van der Waals surface area contributed by atoms with Crippen LogP contribution < -0.4 is 5.73 Å². The first kappa shape index (κ1) is 15.8. The Hall–Kier alpha value is -1.13. The third kappa shape index (κ3) is 3.28. The van der Waals surface area contributed by atoms with Gasteiger partial charge in [0.1, 0.15) is 5.82 Å². The molecule has 1 aromatic carbocycles. The zero-order valence-corrected chi connectivity index (χ0v) is 13.4. The minimum absolute atomic E-state index is 0.0887. The smallest absolute Gasteiger partial charge is 0.146 e. The Bertz CT molecular complexity index is 518. The van der Waals surface area contributed by atoms with Crippen molar-refractivity contribution in [2.24, 2.45) is 0 Å². The summed E-state index contributed by atoms with van der Waals surface area (Å²) in [6.07, 6.45) is 6.18. The number of anilines is 1. The number of benzene rings is 1. The molecule has 3 nitrogen and oxygen atoms in total. The average Bonchev–Trinajstić information content (AvgIpc) is 2.52. The van der Waals surface area contributed by atoms with Gasteiger partial charge in [0.2, 0.25) is 0 Å². The number of nitrogens with two attached hydrogens (primary N) is 1. The summed E-state index contributed by atoms with van der Waals surface area (Å²) in [4.78, 5) is 2.57. The normalized spacial score (nSPS) is 28.0. The predicted octanol–water partition coefficient (Wildman–Crippen LogP) is 3.20. The molecule has 1 aromatic rings. The molecule has 1 saturated carbocycles.